The van der Waals surface area contributed by atoms with Crippen LogP contribution in [0.4, 0.5) is 19.0 Å². The van der Waals surface area contributed by atoms with Crippen LogP contribution in [-0.4, -0.2) is 14.8 Å². The maximum Gasteiger partial charge on any atom is 0.416 e. The number of aryl methyl sites for hydroxylation is 3. The van der Waals surface area contributed by atoms with Gasteiger partial charge in [-0.3, -0.25) is 4.68 Å². The fourth-order valence-electron chi connectivity index (χ4n) is 3.58. The molecule has 0 fully saturated rings. The average molecular weight is 384 g/mol. The molecule has 0 atom stereocenters. The molecule has 0 spiro atoms. The molecule has 0 saturated heterocycles. The average Bonchev–Trinajstić information content (AvgIpc) is 3.05. The van der Waals surface area contributed by atoms with E-state index in [9.17, 15) is 13.2 Å². The predicted molar refractivity (Wildman–Crippen MR) is 104 cm³/mol. The molecule has 0 unspecified atom stereocenters. The lowest BCUT2D eigenvalue weighted by Gasteiger charge is -2.10. The van der Waals surface area contributed by atoms with Gasteiger partial charge in [-0.05, 0) is 37.5 Å². The number of halogens is 3. The van der Waals surface area contributed by atoms with Crippen molar-refractivity contribution in [3.63, 3.8) is 0 Å². The Hall–Kier alpha value is -3.09. The first-order chi connectivity index (χ1) is 13.4. The first-order valence-corrected chi connectivity index (χ1v) is 9.08. The van der Waals surface area contributed by atoms with E-state index in [1.165, 1.54) is 11.6 Å². The molecule has 0 bridgehead atoms. The second-order valence-electron chi connectivity index (χ2n) is 6.70. The van der Waals surface area contributed by atoms with Crippen molar-refractivity contribution in [2.24, 2.45) is 0 Å². The fourth-order valence-corrected chi connectivity index (χ4v) is 3.58. The van der Waals surface area contributed by atoms with Crippen LogP contribution in [0, 0.1) is 0 Å². The van der Waals surface area contributed by atoms with Gasteiger partial charge >= 0.3 is 6.18 Å². The molecule has 2 heterocycles. The molecule has 0 aliphatic carbocycles. The minimum atomic E-state index is -4.43. The van der Waals surface area contributed by atoms with Gasteiger partial charge in [0.25, 0.3) is 0 Å². The lowest BCUT2D eigenvalue weighted by molar-refractivity contribution is -0.137. The molecule has 0 aliphatic heterocycles. The number of fused-ring (bicyclic) bond motifs is 3. The number of anilines is 1. The summed E-state index contributed by atoms with van der Waals surface area (Å²) in [7, 11) is 0. The van der Waals surface area contributed by atoms with Gasteiger partial charge in [0.15, 0.2) is 5.82 Å². The van der Waals surface area contributed by atoms with Crippen molar-refractivity contribution in [3.05, 3.63) is 65.4 Å². The van der Waals surface area contributed by atoms with E-state index in [0.29, 0.717) is 23.9 Å². The summed E-state index contributed by atoms with van der Waals surface area (Å²) in [4.78, 5) is 4.19. The molecule has 7 heteroatoms. The highest BCUT2D eigenvalue weighted by Gasteiger charge is 2.31. The molecule has 2 N–H and O–H groups in total. The molecule has 28 heavy (non-hydrogen) atoms. The van der Waals surface area contributed by atoms with Gasteiger partial charge in [-0.2, -0.15) is 18.3 Å². The summed E-state index contributed by atoms with van der Waals surface area (Å²) in [6, 6.07) is 13.7. The molecule has 144 valence electrons. The molecule has 0 aliphatic rings. The summed E-state index contributed by atoms with van der Waals surface area (Å²) in [5, 5.41) is 6.00. The second kappa shape index (κ2) is 6.82. The summed E-state index contributed by atoms with van der Waals surface area (Å²) < 4.78 is 41.2. The van der Waals surface area contributed by atoms with E-state index in [4.69, 9.17) is 5.73 Å². The number of nitrogens with two attached hydrogens (primary N) is 1. The number of hydrogen-bond donors (Lipinski definition) is 1. The minimum Gasteiger partial charge on any atom is -0.382 e. The molecule has 0 saturated carbocycles. The number of pyridine rings is 1. The predicted octanol–water partition coefficient (Wildman–Crippen LogP) is 4.99. The largest absolute Gasteiger partial charge is 0.416 e. The Bertz CT molecular complexity index is 1150. The molecule has 2 aromatic heterocycles. The van der Waals surface area contributed by atoms with Gasteiger partial charge in [0.05, 0.1) is 11.1 Å². The Labute approximate surface area is 159 Å². The van der Waals surface area contributed by atoms with Crippen LogP contribution in [0.1, 0.15) is 23.7 Å². The van der Waals surface area contributed by atoms with Crippen molar-refractivity contribution >= 4 is 27.6 Å². The summed E-state index contributed by atoms with van der Waals surface area (Å²) in [5.41, 5.74) is 8.24. The number of benzene rings is 2. The van der Waals surface area contributed by atoms with E-state index in [-0.39, 0.29) is 11.3 Å². The van der Waals surface area contributed by atoms with Crippen LogP contribution in [0.25, 0.3) is 21.8 Å². The first-order valence-electron chi connectivity index (χ1n) is 9.08. The highest BCUT2D eigenvalue weighted by molar-refractivity contribution is 6.09. The smallest absolute Gasteiger partial charge is 0.382 e. The zero-order valence-corrected chi connectivity index (χ0v) is 15.3. The van der Waals surface area contributed by atoms with E-state index in [1.54, 1.807) is 0 Å². The maximum atomic E-state index is 13.1. The van der Waals surface area contributed by atoms with Gasteiger partial charge in [-0.25, -0.2) is 4.98 Å². The molecule has 4 aromatic rings. The lowest BCUT2D eigenvalue weighted by atomic mass is 10.0. The van der Waals surface area contributed by atoms with E-state index in [0.717, 1.165) is 29.6 Å². The molecular formula is C21H19F3N4. The van der Waals surface area contributed by atoms with Crippen LogP contribution >= 0.6 is 0 Å². The monoisotopic (exact) mass is 384 g/mol. The van der Waals surface area contributed by atoms with Crippen molar-refractivity contribution in [2.45, 2.75) is 32.5 Å². The maximum absolute atomic E-state index is 13.1. The Morgan fingerprint density at radius 2 is 1.79 bits per heavy atom. The van der Waals surface area contributed by atoms with Crippen molar-refractivity contribution in [1.82, 2.24) is 14.8 Å². The Kier molecular flexibility index (Phi) is 4.45. The first kappa shape index (κ1) is 18.3. The zero-order chi connectivity index (χ0) is 19.9. The quantitative estimate of drug-likeness (QED) is 0.539. The molecule has 4 nitrogen and oxygen atoms in total. The standard InChI is InChI=1S/C21H19F3N4/c1-2-28-17(11-8-13-6-4-3-5-7-13)18-15-10-9-14(21(22,23)24)12-16(15)26-20(25)19(18)27-28/h3-7,9-10,12H,2,8,11H2,1H3,(H2,25,26). The normalized spacial score (nSPS) is 12.1. The summed E-state index contributed by atoms with van der Waals surface area (Å²) in [6.45, 7) is 2.62. The number of aromatic nitrogens is 3. The SMILES string of the molecule is CCn1nc2c(N)nc3cc(C(F)(F)F)ccc3c2c1CCc1ccccc1. The topological polar surface area (TPSA) is 56.7 Å². The van der Waals surface area contributed by atoms with Gasteiger partial charge in [0.1, 0.15) is 5.52 Å². The summed E-state index contributed by atoms with van der Waals surface area (Å²) in [6.07, 6.45) is -2.93. The fraction of sp³-hybridized carbons (Fsp3) is 0.238. The van der Waals surface area contributed by atoms with Gasteiger partial charge in [0.2, 0.25) is 0 Å². The Morgan fingerprint density at radius 1 is 1.04 bits per heavy atom. The summed E-state index contributed by atoms with van der Waals surface area (Å²) >= 11 is 0. The lowest BCUT2D eigenvalue weighted by Crippen LogP contribution is -2.05. The third kappa shape index (κ3) is 3.17. The summed E-state index contributed by atoms with van der Waals surface area (Å²) in [5.74, 6) is 0.148. The van der Waals surface area contributed by atoms with Crippen LogP contribution in [-0.2, 0) is 25.6 Å². The van der Waals surface area contributed by atoms with Crippen molar-refractivity contribution in [3.8, 4) is 0 Å². The van der Waals surface area contributed by atoms with Crippen LogP contribution in [0.3, 0.4) is 0 Å². The number of hydrogen-bond acceptors (Lipinski definition) is 3. The molecule has 4 rings (SSSR count). The molecular weight excluding hydrogens is 365 g/mol. The van der Waals surface area contributed by atoms with Gasteiger partial charge < -0.3 is 5.73 Å². The highest BCUT2D eigenvalue weighted by Crippen LogP contribution is 2.35. The van der Waals surface area contributed by atoms with Crippen molar-refractivity contribution < 1.29 is 13.2 Å². The number of nitrogens with zero attached hydrogens (tertiary/aromatic N) is 3. The third-order valence-electron chi connectivity index (χ3n) is 4.93. The van der Waals surface area contributed by atoms with Crippen LogP contribution in [0.15, 0.2) is 48.5 Å². The van der Waals surface area contributed by atoms with Gasteiger partial charge in [-0.15, -0.1) is 0 Å². The van der Waals surface area contributed by atoms with Crippen molar-refractivity contribution in [1.29, 1.82) is 0 Å². The van der Waals surface area contributed by atoms with E-state index >= 15 is 0 Å². The molecule has 2 aromatic carbocycles. The Morgan fingerprint density at radius 3 is 2.46 bits per heavy atom. The third-order valence-corrected chi connectivity index (χ3v) is 4.93. The van der Waals surface area contributed by atoms with Gasteiger partial charge in [0, 0.05) is 23.0 Å². The van der Waals surface area contributed by atoms with Crippen LogP contribution < -0.4 is 5.73 Å². The van der Waals surface area contributed by atoms with Crippen molar-refractivity contribution in [2.75, 3.05) is 5.73 Å². The minimum absolute atomic E-state index is 0.148. The van der Waals surface area contributed by atoms with Gasteiger partial charge in [-0.1, -0.05) is 36.4 Å². The highest BCUT2D eigenvalue weighted by atomic mass is 19.4. The van der Waals surface area contributed by atoms with E-state index < -0.39 is 11.7 Å². The number of alkyl halides is 3. The molecule has 0 amide bonds. The van der Waals surface area contributed by atoms with Crippen LogP contribution in [0.5, 0.6) is 0 Å². The van der Waals surface area contributed by atoms with Crippen LogP contribution in [0.2, 0.25) is 0 Å². The van der Waals surface area contributed by atoms with E-state index in [1.807, 2.05) is 29.8 Å². The number of rotatable bonds is 4. The zero-order valence-electron chi connectivity index (χ0n) is 15.3. The Balaban J connectivity index is 1.89. The van der Waals surface area contributed by atoms with E-state index in [2.05, 4.69) is 22.2 Å². The molecule has 0 radical (unpaired) electrons. The second-order valence-corrected chi connectivity index (χ2v) is 6.70. The number of nitrogen functional groups attached to an aromatic ring is 1.